The molecule has 0 saturated carbocycles. The van der Waals surface area contributed by atoms with E-state index in [0.29, 0.717) is 5.88 Å². The maximum atomic E-state index is 5.91. The van der Waals surface area contributed by atoms with Crippen molar-refractivity contribution in [2.45, 2.75) is 32.1 Å². The monoisotopic (exact) mass is 329 g/mol. The van der Waals surface area contributed by atoms with E-state index in [1.165, 1.54) is 0 Å². The summed E-state index contributed by atoms with van der Waals surface area (Å²) in [6.07, 6.45) is 3.07. The van der Waals surface area contributed by atoms with Crippen molar-refractivity contribution in [1.29, 1.82) is 0 Å². The highest BCUT2D eigenvalue weighted by Gasteiger charge is 2.02. The predicted molar refractivity (Wildman–Crippen MR) is 86.3 cm³/mol. The van der Waals surface area contributed by atoms with Crippen molar-refractivity contribution in [3.05, 3.63) is 44.9 Å². The van der Waals surface area contributed by atoms with Crippen molar-refractivity contribution >= 4 is 34.5 Å². The Morgan fingerprint density at radius 3 is 2.85 bits per heavy atom. The number of benzene rings is 1. The van der Waals surface area contributed by atoms with Gasteiger partial charge in [-0.1, -0.05) is 11.6 Å². The van der Waals surface area contributed by atoms with Crippen LogP contribution in [0, 0.1) is 6.92 Å². The van der Waals surface area contributed by atoms with Crippen molar-refractivity contribution in [3.63, 3.8) is 0 Å². The van der Waals surface area contributed by atoms with Crippen molar-refractivity contribution in [1.82, 2.24) is 4.98 Å². The number of halogens is 2. The van der Waals surface area contributed by atoms with Gasteiger partial charge in [-0.2, -0.15) is 0 Å². The summed E-state index contributed by atoms with van der Waals surface area (Å²) in [5.41, 5.74) is 2.05. The number of ether oxygens (including phenoxy) is 1. The molecule has 0 aliphatic rings. The van der Waals surface area contributed by atoms with E-state index in [1.807, 2.05) is 30.5 Å². The van der Waals surface area contributed by atoms with E-state index in [9.17, 15) is 0 Å². The molecule has 1 heterocycles. The van der Waals surface area contributed by atoms with Gasteiger partial charge in [-0.15, -0.1) is 22.9 Å². The summed E-state index contributed by atoms with van der Waals surface area (Å²) in [7, 11) is 0. The SMILES string of the molecule is Cc1cc(Cl)ccc1OCCCCc1nc(CCl)cs1. The van der Waals surface area contributed by atoms with Crippen LogP contribution in [0.25, 0.3) is 0 Å². The summed E-state index contributed by atoms with van der Waals surface area (Å²) >= 11 is 13.3. The number of aromatic nitrogens is 1. The molecule has 0 amide bonds. The number of unbranched alkanes of at least 4 members (excludes halogenated alkanes) is 1. The third-order valence-electron chi connectivity index (χ3n) is 2.92. The fraction of sp³-hybridized carbons (Fsp3) is 0.400. The Morgan fingerprint density at radius 1 is 1.30 bits per heavy atom. The Labute approximate surface area is 133 Å². The molecule has 20 heavy (non-hydrogen) atoms. The van der Waals surface area contributed by atoms with Crippen molar-refractivity contribution in [3.8, 4) is 5.75 Å². The van der Waals surface area contributed by atoms with Gasteiger partial charge in [0, 0.05) is 10.4 Å². The van der Waals surface area contributed by atoms with E-state index >= 15 is 0 Å². The molecule has 0 spiro atoms. The minimum absolute atomic E-state index is 0.495. The molecule has 108 valence electrons. The van der Waals surface area contributed by atoms with Gasteiger partial charge < -0.3 is 4.74 Å². The lowest BCUT2D eigenvalue weighted by Crippen LogP contribution is -1.99. The molecule has 0 fully saturated rings. The summed E-state index contributed by atoms with van der Waals surface area (Å²) in [5, 5.41) is 3.92. The topological polar surface area (TPSA) is 22.1 Å². The maximum absolute atomic E-state index is 5.91. The summed E-state index contributed by atoms with van der Waals surface area (Å²) in [6, 6.07) is 5.69. The molecule has 2 rings (SSSR count). The number of alkyl halides is 1. The smallest absolute Gasteiger partial charge is 0.122 e. The van der Waals surface area contributed by atoms with Crippen LogP contribution in [0.1, 0.15) is 29.1 Å². The Kier molecular flexibility index (Phi) is 6.14. The molecule has 2 nitrogen and oxygen atoms in total. The minimum atomic E-state index is 0.495. The number of hydrogen-bond acceptors (Lipinski definition) is 3. The standard InChI is InChI=1S/C15H17Cl2NOS/c1-11-8-12(17)5-6-14(11)19-7-3-2-4-15-18-13(9-16)10-20-15/h5-6,8,10H,2-4,7,9H2,1H3. The second-order valence-electron chi connectivity index (χ2n) is 4.58. The molecular weight excluding hydrogens is 313 g/mol. The van der Waals surface area contributed by atoms with Crippen molar-refractivity contribution in [2.24, 2.45) is 0 Å². The van der Waals surface area contributed by atoms with Gasteiger partial charge in [-0.25, -0.2) is 4.98 Å². The van der Waals surface area contributed by atoms with Crippen LogP contribution in [0.5, 0.6) is 5.75 Å². The van der Waals surface area contributed by atoms with Gasteiger partial charge in [0.25, 0.3) is 0 Å². The molecule has 0 saturated heterocycles. The van der Waals surface area contributed by atoms with Crippen LogP contribution < -0.4 is 4.74 Å². The van der Waals surface area contributed by atoms with Crippen LogP contribution in [0.15, 0.2) is 23.6 Å². The molecule has 0 radical (unpaired) electrons. The van der Waals surface area contributed by atoms with Gasteiger partial charge in [0.1, 0.15) is 5.75 Å². The largest absolute Gasteiger partial charge is 0.493 e. The molecule has 2 aromatic rings. The fourth-order valence-corrected chi connectivity index (χ4v) is 3.16. The van der Waals surface area contributed by atoms with Crippen LogP contribution >= 0.6 is 34.5 Å². The average Bonchev–Trinajstić information content (AvgIpc) is 2.88. The first kappa shape index (κ1) is 15.6. The van der Waals surface area contributed by atoms with Crippen molar-refractivity contribution in [2.75, 3.05) is 6.61 Å². The number of rotatable bonds is 7. The second-order valence-corrected chi connectivity index (χ2v) is 6.23. The van der Waals surface area contributed by atoms with Crippen LogP contribution in [-0.2, 0) is 12.3 Å². The number of aryl methyl sites for hydroxylation is 2. The van der Waals surface area contributed by atoms with E-state index in [1.54, 1.807) is 11.3 Å². The van der Waals surface area contributed by atoms with Gasteiger partial charge in [0.2, 0.25) is 0 Å². The van der Waals surface area contributed by atoms with Crippen LogP contribution in [0.3, 0.4) is 0 Å². The van der Waals surface area contributed by atoms with Gasteiger partial charge in [0.05, 0.1) is 23.2 Å². The van der Waals surface area contributed by atoms with Gasteiger partial charge in [-0.3, -0.25) is 0 Å². The summed E-state index contributed by atoms with van der Waals surface area (Å²) in [4.78, 5) is 4.44. The summed E-state index contributed by atoms with van der Waals surface area (Å²) in [6.45, 7) is 2.72. The summed E-state index contributed by atoms with van der Waals surface area (Å²) < 4.78 is 5.76. The Hall–Kier alpha value is -0.770. The predicted octanol–water partition coefficient (Wildman–Crippen LogP) is 5.25. The second kappa shape index (κ2) is 7.87. The average molecular weight is 330 g/mol. The molecule has 0 aliphatic carbocycles. The third kappa shape index (κ3) is 4.65. The van der Waals surface area contributed by atoms with E-state index in [4.69, 9.17) is 27.9 Å². The van der Waals surface area contributed by atoms with Gasteiger partial charge in [0.15, 0.2) is 0 Å². The Balaban J connectivity index is 1.68. The Morgan fingerprint density at radius 2 is 2.15 bits per heavy atom. The lowest BCUT2D eigenvalue weighted by molar-refractivity contribution is 0.305. The minimum Gasteiger partial charge on any atom is -0.493 e. The third-order valence-corrected chi connectivity index (χ3v) is 4.38. The summed E-state index contributed by atoms with van der Waals surface area (Å²) in [5.74, 6) is 1.41. The van der Waals surface area contributed by atoms with E-state index in [0.717, 1.165) is 52.9 Å². The maximum Gasteiger partial charge on any atom is 0.122 e. The molecule has 5 heteroatoms. The first-order valence-electron chi connectivity index (χ1n) is 6.57. The van der Waals surface area contributed by atoms with Gasteiger partial charge >= 0.3 is 0 Å². The molecule has 1 aromatic heterocycles. The van der Waals surface area contributed by atoms with Crippen molar-refractivity contribution < 1.29 is 4.74 Å². The first-order chi connectivity index (χ1) is 9.69. The molecule has 1 aromatic carbocycles. The van der Waals surface area contributed by atoms with Crippen LogP contribution in [0.2, 0.25) is 5.02 Å². The highest BCUT2D eigenvalue weighted by atomic mass is 35.5. The fourth-order valence-electron chi connectivity index (χ4n) is 1.86. The lowest BCUT2D eigenvalue weighted by Gasteiger charge is -2.08. The normalized spacial score (nSPS) is 10.8. The van der Waals surface area contributed by atoms with Crippen LogP contribution in [-0.4, -0.2) is 11.6 Å². The van der Waals surface area contributed by atoms with E-state index in [2.05, 4.69) is 4.98 Å². The number of hydrogen-bond donors (Lipinski definition) is 0. The highest BCUT2D eigenvalue weighted by Crippen LogP contribution is 2.22. The Bertz CT molecular complexity index is 557. The lowest BCUT2D eigenvalue weighted by atomic mass is 10.2. The number of thiazole rings is 1. The molecule has 0 bridgehead atoms. The van der Waals surface area contributed by atoms with Gasteiger partial charge in [-0.05, 0) is 49.9 Å². The zero-order valence-electron chi connectivity index (χ0n) is 11.4. The highest BCUT2D eigenvalue weighted by molar-refractivity contribution is 7.09. The number of nitrogens with zero attached hydrogens (tertiary/aromatic N) is 1. The van der Waals surface area contributed by atoms with E-state index in [-0.39, 0.29) is 0 Å². The zero-order valence-corrected chi connectivity index (χ0v) is 13.7. The first-order valence-corrected chi connectivity index (χ1v) is 8.36. The quantitative estimate of drug-likeness (QED) is 0.511. The van der Waals surface area contributed by atoms with E-state index < -0.39 is 0 Å². The van der Waals surface area contributed by atoms with Crippen LogP contribution in [0.4, 0.5) is 0 Å². The molecule has 0 aliphatic heterocycles. The zero-order chi connectivity index (χ0) is 14.4. The molecular formula is C15H17Cl2NOS. The molecule has 0 atom stereocenters. The molecule has 0 N–H and O–H groups in total. The molecule has 0 unspecified atom stereocenters.